The molecule has 0 bridgehead atoms. The van der Waals surface area contributed by atoms with Crippen LogP contribution in [0.3, 0.4) is 0 Å². The van der Waals surface area contributed by atoms with Crippen LogP contribution >= 0.6 is 0 Å². The Kier molecular flexibility index (Phi) is 3.18. The molecule has 0 amide bonds. The van der Waals surface area contributed by atoms with E-state index in [0.717, 1.165) is 0 Å². The van der Waals surface area contributed by atoms with E-state index < -0.39 is 11.9 Å². The highest BCUT2D eigenvalue weighted by molar-refractivity contribution is 6.07. The highest BCUT2D eigenvalue weighted by Crippen LogP contribution is 2.14. The third-order valence-corrected chi connectivity index (χ3v) is 2.19. The number of hydrogen-bond acceptors (Lipinski definition) is 4. The van der Waals surface area contributed by atoms with Crippen LogP contribution in [-0.4, -0.2) is 22.9 Å². The Bertz CT molecular complexity index is 560. The van der Waals surface area contributed by atoms with Gasteiger partial charge in [0.25, 0.3) is 0 Å². The summed E-state index contributed by atoms with van der Waals surface area (Å²) in [5.74, 6) is -2.34. The fourth-order valence-electron chi connectivity index (χ4n) is 1.42. The Morgan fingerprint density at radius 3 is 2.67 bits per heavy atom. The number of carbonyl (C=O) groups excluding carboxylic acids is 1. The summed E-state index contributed by atoms with van der Waals surface area (Å²) < 4.78 is 17.5. The third kappa shape index (κ3) is 2.79. The number of rotatable bonds is 3. The van der Waals surface area contributed by atoms with Crippen molar-refractivity contribution >= 4 is 17.8 Å². The number of benzene rings is 1. The van der Waals surface area contributed by atoms with E-state index in [1.54, 1.807) is 0 Å². The molecule has 18 heavy (non-hydrogen) atoms. The number of hydrogen-bond donors (Lipinski definition) is 1. The van der Waals surface area contributed by atoms with Gasteiger partial charge in [-0.3, -0.25) is 0 Å². The van der Waals surface area contributed by atoms with Crippen molar-refractivity contribution in [2.75, 3.05) is 0 Å². The van der Waals surface area contributed by atoms with Crippen LogP contribution < -0.4 is 0 Å². The number of carboxylic acids is 1. The van der Waals surface area contributed by atoms with E-state index >= 15 is 0 Å². The zero-order valence-electron chi connectivity index (χ0n) is 9.09. The molecule has 0 unspecified atom stereocenters. The molecule has 0 aromatic heterocycles. The maximum absolute atomic E-state index is 12.7. The number of nitrogens with zero attached hydrogens (tertiary/aromatic N) is 1. The van der Waals surface area contributed by atoms with Gasteiger partial charge in [-0.25, -0.2) is 19.0 Å². The summed E-state index contributed by atoms with van der Waals surface area (Å²) in [6.07, 6.45) is 0.878. The van der Waals surface area contributed by atoms with Crippen LogP contribution in [0.4, 0.5) is 4.39 Å². The fraction of sp³-hybridized carbons (Fsp3) is 0.0833. The standard InChI is InChI=1S/C12H8FNO4/c13-8-3-1-7(2-4-8)5-10-14-9(6-11(15)16)12(17)18-10/h1-4,6H,5H2,(H,15,16)/b9-6+. The smallest absolute Gasteiger partial charge is 0.363 e. The van der Waals surface area contributed by atoms with Crippen LogP contribution in [0.25, 0.3) is 0 Å². The molecule has 1 aromatic carbocycles. The van der Waals surface area contributed by atoms with E-state index in [4.69, 9.17) is 9.84 Å². The Morgan fingerprint density at radius 1 is 1.39 bits per heavy atom. The lowest BCUT2D eigenvalue weighted by Crippen LogP contribution is -2.07. The van der Waals surface area contributed by atoms with Crippen molar-refractivity contribution < 1.29 is 23.8 Å². The number of aliphatic imine (C=N–C) groups is 1. The summed E-state index contributed by atoms with van der Waals surface area (Å²) in [6, 6.07) is 5.62. The molecule has 0 saturated carbocycles. The molecule has 5 nitrogen and oxygen atoms in total. The predicted molar refractivity (Wildman–Crippen MR) is 59.3 cm³/mol. The lowest BCUT2D eigenvalue weighted by atomic mass is 10.1. The molecule has 6 heteroatoms. The first-order chi connectivity index (χ1) is 8.54. The SMILES string of the molecule is O=C(O)/C=C1/N=C(Cc2ccc(F)cc2)OC1=O. The highest BCUT2D eigenvalue weighted by atomic mass is 19.1. The van der Waals surface area contributed by atoms with Gasteiger partial charge in [-0.05, 0) is 17.7 Å². The molecule has 0 aliphatic carbocycles. The van der Waals surface area contributed by atoms with E-state index in [1.165, 1.54) is 24.3 Å². The van der Waals surface area contributed by atoms with Crippen molar-refractivity contribution in [3.05, 3.63) is 47.4 Å². The summed E-state index contributed by atoms with van der Waals surface area (Å²) in [4.78, 5) is 25.4. The summed E-state index contributed by atoms with van der Waals surface area (Å²) in [5.41, 5.74) is 0.458. The molecule has 0 fully saturated rings. The van der Waals surface area contributed by atoms with Crippen molar-refractivity contribution in [1.82, 2.24) is 0 Å². The third-order valence-electron chi connectivity index (χ3n) is 2.19. The molecule has 0 radical (unpaired) electrons. The number of ether oxygens (including phenoxy) is 1. The number of carboxylic acid groups (broad SMARTS) is 1. The van der Waals surface area contributed by atoms with Crippen molar-refractivity contribution in [1.29, 1.82) is 0 Å². The molecule has 1 aromatic rings. The fourth-order valence-corrected chi connectivity index (χ4v) is 1.42. The minimum Gasteiger partial charge on any atom is -0.478 e. The summed E-state index contributed by atoms with van der Waals surface area (Å²) in [5, 5.41) is 8.50. The van der Waals surface area contributed by atoms with Gasteiger partial charge in [0.15, 0.2) is 5.70 Å². The molecule has 2 rings (SSSR count). The molecular formula is C12H8FNO4. The van der Waals surface area contributed by atoms with Crippen molar-refractivity contribution in [2.45, 2.75) is 6.42 Å². The first-order valence-corrected chi connectivity index (χ1v) is 5.03. The molecule has 0 saturated heterocycles. The molecule has 0 spiro atoms. The second-order valence-corrected chi connectivity index (χ2v) is 3.57. The van der Waals surface area contributed by atoms with Crippen LogP contribution in [0.5, 0.6) is 0 Å². The first-order valence-electron chi connectivity index (χ1n) is 5.03. The lowest BCUT2D eigenvalue weighted by Gasteiger charge is -1.99. The molecule has 0 atom stereocenters. The van der Waals surface area contributed by atoms with Gasteiger partial charge in [0.05, 0.1) is 6.08 Å². The Morgan fingerprint density at radius 2 is 2.06 bits per heavy atom. The number of carbonyl (C=O) groups is 2. The second-order valence-electron chi connectivity index (χ2n) is 3.57. The van der Waals surface area contributed by atoms with E-state index in [0.29, 0.717) is 11.6 Å². The second kappa shape index (κ2) is 4.79. The van der Waals surface area contributed by atoms with Crippen LogP contribution in [0, 0.1) is 5.82 Å². The topological polar surface area (TPSA) is 76.0 Å². The number of cyclic esters (lactones) is 1. The minimum absolute atomic E-state index is 0.0964. The van der Waals surface area contributed by atoms with Crippen molar-refractivity contribution in [3.8, 4) is 0 Å². The molecule has 1 aliphatic rings. The van der Waals surface area contributed by atoms with Crippen LogP contribution in [0.1, 0.15) is 5.56 Å². The zero-order chi connectivity index (χ0) is 13.1. The average Bonchev–Trinajstić information content (AvgIpc) is 2.62. The predicted octanol–water partition coefficient (Wildman–Crippen LogP) is 1.29. The quantitative estimate of drug-likeness (QED) is 0.647. The largest absolute Gasteiger partial charge is 0.478 e. The van der Waals surface area contributed by atoms with Gasteiger partial charge in [-0.2, -0.15) is 0 Å². The summed E-state index contributed by atoms with van der Waals surface area (Å²) in [7, 11) is 0. The van der Waals surface area contributed by atoms with Gasteiger partial charge < -0.3 is 9.84 Å². The van der Waals surface area contributed by atoms with Crippen LogP contribution in [0.15, 0.2) is 41.0 Å². The van der Waals surface area contributed by atoms with Gasteiger partial charge in [0.2, 0.25) is 5.90 Å². The molecule has 92 valence electrons. The lowest BCUT2D eigenvalue weighted by molar-refractivity contribution is -0.133. The maximum atomic E-state index is 12.7. The number of aliphatic carboxylic acids is 1. The zero-order valence-corrected chi connectivity index (χ0v) is 9.09. The van der Waals surface area contributed by atoms with Gasteiger partial charge >= 0.3 is 11.9 Å². The van der Waals surface area contributed by atoms with E-state index in [9.17, 15) is 14.0 Å². The number of halogens is 1. The Hall–Kier alpha value is -2.50. The Labute approximate surface area is 101 Å². The van der Waals surface area contributed by atoms with E-state index in [2.05, 4.69) is 4.99 Å². The van der Waals surface area contributed by atoms with E-state index in [1.807, 2.05) is 0 Å². The molecule has 1 N–H and O–H groups in total. The van der Waals surface area contributed by atoms with Gasteiger partial charge in [0.1, 0.15) is 5.82 Å². The van der Waals surface area contributed by atoms with Crippen molar-refractivity contribution in [2.24, 2.45) is 4.99 Å². The Balaban J connectivity index is 2.14. The average molecular weight is 249 g/mol. The summed E-state index contributed by atoms with van der Waals surface area (Å²) >= 11 is 0. The minimum atomic E-state index is -1.27. The highest BCUT2D eigenvalue weighted by Gasteiger charge is 2.23. The maximum Gasteiger partial charge on any atom is 0.363 e. The molecular weight excluding hydrogens is 241 g/mol. The normalized spacial score (nSPS) is 16.6. The first kappa shape index (κ1) is 12.0. The monoisotopic (exact) mass is 249 g/mol. The van der Waals surface area contributed by atoms with Gasteiger partial charge in [-0.15, -0.1) is 0 Å². The van der Waals surface area contributed by atoms with Gasteiger partial charge in [0, 0.05) is 6.42 Å². The molecule has 1 aliphatic heterocycles. The molecule has 1 heterocycles. The van der Waals surface area contributed by atoms with Gasteiger partial charge in [-0.1, -0.05) is 12.1 Å². The van der Waals surface area contributed by atoms with Crippen LogP contribution in [0.2, 0.25) is 0 Å². The van der Waals surface area contributed by atoms with Crippen LogP contribution in [-0.2, 0) is 20.7 Å². The van der Waals surface area contributed by atoms with Crippen molar-refractivity contribution in [3.63, 3.8) is 0 Å². The number of esters is 1. The van der Waals surface area contributed by atoms with E-state index in [-0.39, 0.29) is 23.8 Å². The summed E-state index contributed by atoms with van der Waals surface area (Å²) in [6.45, 7) is 0.